The van der Waals surface area contributed by atoms with Gasteiger partial charge in [-0.1, -0.05) is 29.8 Å². The fourth-order valence-electron chi connectivity index (χ4n) is 1.65. The molecule has 0 heterocycles. The Hall–Kier alpha value is -1.87. The largest absolute Gasteiger partial charge is 0.399 e. The quantitative estimate of drug-likeness (QED) is 0.680. The lowest BCUT2D eigenvalue weighted by Crippen LogP contribution is -2.05. The highest BCUT2D eigenvalue weighted by Crippen LogP contribution is 2.17. The standard InChI is InChI=1S/C14H11ClFNO/c15-11-5-4-9(13(16)8-11)7-14(18)10-2-1-3-12(17)6-10/h1-6,8H,7,17H2. The predicted molar refractivity (Wildman–Crippen MR) is 70.3 cm³/mol. The Morgan fingerprint density at radius 1 is 1.22 bits per heavy atom. The molecule has 0 aromatic heterocycles. The fourth-order valence-corrected chi connectivity index (χ4v) is 1.81. The van der Waals surface area contributed by atoms with Crippen LogP contribution in [0.3, 0.4) is 0 Å². The molecule has 2 rings (SSSR count). The van der Waals surface area contributed by atoms with Gasteiger partial charge in [0.15, 0.2) is 5.78 Å². The molecule has 4 heteroatoms. The number of Topliss-reactive ketones (excluding diaryl/α,β-unsaturated/α-hetero) is 1. The molecule has 2 N–H and O–H groups in total. The van der Waals surface area contributed by atoms with E-state index in [9.17, 15) is 9.18 Å². The Morgan fingerprint density at radius 2 is 2.00 bits per heavy atom. The maximum atomic E-state index is 13.5. The number of halogens is 2. The molecule has 2 nitrogen and oxygen atoms in total. The van der Waals surface area contributed by atoms with Crippen LogP contribution in [0.5, 0.6) is 0 Å². The first-order valence-corrected chi connectivity index (χ1v) is 5.77. The van der Waals surface area contributed by atoms with E-state index in [-0.39, 0.29) is 12.2 Å². The number of rotatable bonds is 3. The lowest BCUT2D eigenvalue weighted by molar-refractivity contribution is 0.0992. The van der Waals surface area contributed by atoms with E-state index in [1.165, 1.54) is 12.1 Å². The molecule has 0 spiro atoms. The van der Waals surface area contributed by atoms with E-state index in [1.807, 2.05) is 0 Å². The molecule has 0 saturated heterocycles. The smallest absolute Gasteiger partial charge is 0.167 e. The first kappa shape index (κ1) is 12.6. The average molecular weight is 264 g/mol. The zero-order valence-electron chi connectivity index (χ0n) is 9.49. The molecule has 0 amide bonds. The molecule has 0 radical (unpaired) electrons. The molecule has 2 aromatic carbocycles. The number of nitrogens with two attached hydrogens (primary N) is 1. The van der Waals surface area contributed by atoms with Crippen LogP contribution in [0.4, 0.5) is 10.1 Å². The summed E-state index contributed by atoms with van der Waals surface area (Å²) < 4.78 is 13.5. The highest BCUT2D eigenvalue weighted by atomic mass is 35.5. The van der Waals surface area contributed by atoms with Gasteiger partial charge in [-0.05, 0) is 29.8 Å². The molecule has 2 aromatic rings. The summed E-state index contributed by atoms with van der Waals surface area (Å²) >= 11 is 5.65. The van der Waals surface area contributed by atoms with Gasteiger partial charge in [0.2, 0.25) is 0 Å². The number of nitrogen functional groups attached to an aromatic ring is 1. The van der Waals surface area contributed by atoms with Crippen molar-refractivity contribution in [2.24, 2.45) is 0 Å². The first-order valence-electron chi connectivity index (χ1n) is 5.39. The van der Waals surface area contributed by atoms with Gasteiger partial charge in [-0.2, -0.15) is 0 Å². The maximum Gasteiger partial charge on any atom is 0.167 e. The normalized spacial score (nSPS) is 10.3. The third kappa shape index (κ3) is 2.87. The maximum absolute atomic E-state index is 13.5. The van der Waals surface area contributed by atoms with Gasteiger partial charge in [-0.25, -0.2) is 4.39 Å². The molecule has 0 saturated carbocycles. The SMILES string of the molecule is Nc1cccc(C(=O)Cc2ccc(Cl)cc2F)c1. The van der Waals surface area contributed by atoms with Crippen molar-refractivity contribution in [1.29, 1.82) is 0 Å². The number of anilines is 1. The summed E-state index contributed by atoms with van der Waals surface area (Å²) in [6.07, 6.45) is -0.00748. The summed E-state index contributed by atoms with van der Waals surface area (Å²) in [6, 6.07) is 10.9. The van der Waals surface area contributed by atoms with E-state index in [2.05, 4.69) is 0 Å². The Balaban J connectivity index is 2.21. The van der Waals surface area contributed by atoms with Crippen LogP contribution in [0.2, 0.25) is 5.02 Å². The van der Waals surface area contributed by atoms with E-state index in [0.29, 0.717) is 21.8 Å². The molecule has 18 heavy (non-hydrogen) atoms. The Bertz CT molecular complexity index is 598. The van der Waals surface area contributed by atoms with Gasteiger partial charge in [-0.3, -0.25) is 4.79 Å². The highest BCUT2D eigenvalue weighted by Gasteiger charge is 2.11. The minimum absolute atomic E-state index is 0.00748. The monoisotopic (exact) mass is 263 g/mol. The van der Waals surface area contributed by atoms with Gasteiger partial charge in [0.1, 0.15) is 5.82 Å². The molecule has 0 aliphatic heterocycles. The van der Waals surface area contributed by atoms with Gasteiger partial charge in [0.25, 0.3) is 0 Å². The van der Waals surface area contributed by atoms with Crippen molar-refractivity contribution >= 4 is 23.1 Å². The number of hydrogen-bond donors (Lipinski definition) is 1. The van der Waals surface area contributed by atoms with Gasteiger partial charge in [-0.15, -0.1) is 0 Å². The second-order valence-electron chi connectivity index (χ2n) is 3.96. The molecule has 0 atom stereocenters. The number of hydrogen-bond acceptors (Lipinski definition) is 2. The second-order valence-corrected chi connectivity index (χ2v) is 4.40. The van der Waals surface area contributed by atoms with Crippen LogP contribution in [0.25, 0.3) is 0 Å². The van der Waals surface area contributed by atoms with Crippen molar-refractivity contribution in [3.8, 4) is 0 Å². The van der Waals surface area contributed by atoms with Crippen molar-refractivity contribution < 1.29 is 9.18 Å². The van der Waals surface area contributed by atoms with Crippen LogP contribution in [0.1, 0.15) is 15.9 Å². The summed E-state index contributed by atoms with van der Waals surface area (Å²) in [4.78, 5) is 11.9. The van der Waals surface area contributed by atoms with Crippen molar-refractivity contribution in [2.75, 3.05) is 5.73 Å². The zero-order valence-corrected chi connectivity index (χ0v) is 10.2. The first-order chi connectivity index (χ1) is 8.56. The third-order valence-corrected chi connectivity index (χ3v) is 2.81. The summed E-state index contributed by atoms with van der Waals surface area (Å²) in [5.41, 5.74) is 6.91. The van der Waals surface area contributed by atoms with Crippen LogP contribution in [0.15, 0.2) is 42.5 Å². The van der Waals surface area contributed by atoms with Gasteiger partial charge in [0, 0.05) is 22.7 Å². The van der Waals surface area contributed by atoms with Crippen molar-refractivity contribution in [2.45, 2.75) is 6.42 Å². The van der Waals surface area contributed by atoms with Crippen LogP contribution < -0.4 is 5.73 Å². The highest BCUT2D eigenvalue weighted by molar-refractivity contribution is 6.30. The molecule has 0 aliphatic carbocycles. The number of carbonyl (C=O) groups excluding carboxylic acids is 1. The average Bonchev–Trinajstić information content (AvgIpc) is 2.32. The number of benzene rings is 2. The van der Waals surface area contributed by atoms with Crippen molar-refractivity contribution in [3.63, 3.8) is 0 Å². The number of carbonyl (C=O) groups is 1. The van der Waals surface area contributed by atoms with Crippen LogP contribution in [0, 0.1) is 5.82 Å². The van der Waals surface area contributed by atoms with Crippen molar-refractivity contribution in [1.82, 2.24) is 0 Å². The lowest BCUT2D eigenvalue weighted by Gasteiger charge is -2.04. The molecule has 0 fully saturated rings. The fraction of sp³-hybridized carbons (Fsp3) is 0.0714. The Morgan fingerprint density at radius 3 is 2.67 bits per heavy atom. The molecule has 92 valence electrons. The van der Waals surface area contributed by atoms with Gasteiger partial charge >= 0.3 is 0 Å². The van der Waals surface area contributed by atoms with E-state index >= 15 is 0 Å². The van der Waals surface area contributed by atoms with Crippen LogP contribution in [-0.4, -0.2) is 5.78 Å². The van der Waals surface area contributed by atoms with Crippen LogP contribution in [-0.2, 0) is 6.42 Å². The van der Waals surface area contributed by atoms with Gasteiger partial charge in [0.05, 0.1) is 0 Å². The lowest BCUT2D eigenvalue weighted by atomic mass is 10.0. The molecule has 0 bridgehead atoms. The third-order valence-electron chi connectivity index (χ3n) is 2.57. The second kappa shape index (κ2) is 5.19. The summed E-state index contributed by atoms with van der Waals surface area (Å²) in [5, 5.41) is 0.313. The van der Waals surface area contributed by atoms with Crippen molar-refractivity contribution in [3.05, 3.63) is 64.4 Å². The molecular formula is C14H11ClFNO. The zero-order chi connectivity index (χ0) is 13.1. The Labute approximate surface area is 109 Å². The molecule has 0 unspecified atom stereocenters. The minimum atomic E-state index is -0.472. The Kier molecular flexibility index (Phi) is 3.63. The summed E-state index contributed by atoms with van der Waals surface area (Å²) in [6.45, 7) is 0. The van der Waals surface area contributed by atoms with Gasteiger partial charge < -0.3 is 5.73 Å². The van der Waals surface area contributed by atoms with E-state index in [4.69, 9.17) is 17.3 Å². The summed E-state index contributed by atoms with van der Waals surface area (Å²) in [7, 11) is 0. The predicted octanol–water partition coefficient (Wildman–Crippen LogP) is 3.49. The molecule has 0 aliphatic rings. The van der Waals surface area contributed by atoms with E-state index in [0.717, 1.165) is 0 Å². The summed E-state index contributed by atoms with van der Waals surface area (Å²) in [5.74, 6) is -0.650. The van der Waals surface area contributed by atoms with E-state index in [1.54, 1.807) is 30.3 Å². The van der Waals surface area contributed by atoms with Crippen LogP contribution >= 0.6 is 11.6 Å². The van der Waals surface area contributed by atoms with E-state index < -0.39 is 5.82 Å². The number of ketones is 1. The topological polar surface area (TPSA) is 43.1 Å². The molecular weight excluding hydrogens is 253 g/mol. The minimum Gasteiger partial charge on any atom is -0.399 e.